The van der Waals surface area contributed by atoms with E-state index in [1.807, 2.05) is 32.0 Å². The molecule has 23 heavy (non-hydrogen) atoms. The number of amides is 1. The van der Waals surface area contributed by atoms with Gasteiger partial charge in [-0.15, -0.1) is 0 Å². The molecule has 0 aliphatic rings. The molecule has 0 fully saturated rings. The first kappa shape index (κ1) is 15.0. The lowest BCUT2D eigenvalue weighted by Gasteiger charge is -2.08. The molecule has 3 aromatic rings. The summed E-state index contributed by atoms with van der Waals surface area (Å²) in [5.41, 5.74) is 3.04. The van der Waals surface area contributed by atoms with E-state index in [-0.39, 0.29) is 11.2 Å². The Morgan fingerprint density at radius 3 is 2.65 bits per heavy atom. The van der Waals surface area contributed by atoms with Crippen LogP contribution in [0.3, 0.4) is 0 Å². The molecular formula is C18H16N2O3. The lowest BCUT2D eigenvalue weighted by atomic mass is 10.1. The largest absolute Gasteiger partial charge is 0.450 e. The molecule has 0 aliphatic heterocycles. The number of aromatic nitrogens is 1. The van der Waals surface area contributed by atoms with E-state index in [0.29, 0.717) is 17.5 Å². The van der Waals surface area contributed by atoms with Gasteiger partial charge in [0, 0.05) is 25.0 Å². The third-order valence-electron chi connectivity index (χ3n) is 3.84. The highest BCUT2D eigenvalue weighted by molar-refractivity contribution is 5.93. The van der Waals surface area contributed by atoms with E-state index < -0.39 is 5.91 Å². The normalized spacial score (nSPS) is 10.7. The molecule has 0 spiro atoms. The summed E-state index contributed by atoms with van der Waals surface area (Å²) < 4.78 is 5.68. The van der Waals surface area contributed by atoms with Gasteiger partial charge in [0.05, 0.1) is 5.39 Å². The maximum atomic E-state index is 12.3. The van der Waals surface area contributed by atoms with Crippen molar-refractivity contribution in [2.45, 2.75) is 20.4 Å². The number of nitrogens with zero attached hydrogens (tertiary/aromatic N) is 1. The molecule has 1 aromatic carbocycles. The lowest BCUT2D eigenvalue weighted by Crippen LogP contribution is -2.24. The van der Waals surface area contributed by atoms with Gasteiger partial charge in [0.1, 0.15) is 5.58 Å². The van der Waals surface area contributed by atoms with Gasteiger partial charge in [0.15, 0.2) is 11.2 Å². The molecule has 116 valence electrons. The van der Waals surface area contributed by atoms with Gasteiger partial charge in [-0.3, -0.25) is 14.6 Å². The molecule has 1 amide bonds. The Balaban J connectivity index is 1.92. The van der Waals surface area contributed by atoms with E-state index in [9.17, 15) is 9.59 Å². The summed E-state index contributed by atoms with van der Waals surface area (Å²) in [6.45, 7) is 4.15. The van der Waals surface area contributed by atoms with Crippen LogP contribution in [0.2, 0.25) is 0 Å². The van der Waals surface area contributed by atoms with E-state index >= 15 is 0 Å². The standard InChI is InChI=1S/C18H16N2O3/c1-11-3-4-14-15(21)9-16(23-17(14)12(11)2)18(22)20-10-13-5-7-19-8-6-13/h3-9H,10H2,1-2H3,(H,20,22). The van der Waals surface area contributed by atoms with Crippen LogP contribution in [0.4, 0.5) is 0 Å². The van der Waals surface area contributed by atoms with Crippen LogP contribution in [0.15, 0.2) is 51.9 Å². The SMILES string of the molecule is Cc1ccc2c(=O)cc(C(=O)NCc3ccncc3)oc2c1C. The predicted octanol–water partition coefficient (Wildman–Crippen LogP) is 2.73. The summed E-state index contributed by atoms with van der Waals surface area (Å²) in [5, 5.41) is 3.23. The minimum absolute atomic E-state index is 0.0188. The molecule has 3 rings (SSSR count). The number of hydrogen-bond donors (Lipinski definition) is 1. The number of benzene rings is 1. The molecule has 5 nitrogen and oxygen atoms in total. The molecule has 2 heterocycles. The monoisotopic (exact) mass is 308 g/mol. The second-order valence-electron chi connectivity index (χ2n) is 5.40. The fraction of sp³-hybridized carbons (Fsp3) is 0.167. The van der Waals surface area contributed by atoms with Crippen LogP contribution >= 0.6 is 0 Å². The van der Waals surface area contributed by atoms with Crippen LogP contribution in [0.1, 0.15) is 27.2 Å². The molecule has 0 unspecified atom stereocenters. The summed E-state index contributed by atoms with van der Waals surface area (Å²) in [6, 6.07) is 8.45. The van der Waals surface area contributed by atoms with E-state index in [1.54, 1.807) is 18.5 Å². The lowest BCUT2D eigenvalue weighted by molar-refractivity contribution is 0.0923. The zero-order chi connectivity index (χ0) is 16.4. The molecule has 1 N–H and O–H groups in total. The van der Waals surface area contributed by atoms with Crippen LogP contribution in [0, 0.1) is 13.8 Å². The van der Waals surface area contributed by atoms with E-state index in [2.05, 4.69) is 10.3 Å². The average molecular weight is 308 g/mol. The van der Waals surface area contributed by atoms with E-state index in [0.717, 1.165) is 16.7 Å². The summed E-state index contributed by atoms with van der Waals surface area (Å²) in [7, 11) is 0. The summed E-state index contributed by atoms with van der Waals surface area (Å²) >= 11 is 0. The number of hydrogen-bond acceptors (Lipinski definition) is 4. The number of nitrogens with one attached hydrogen (secondary N) is 1. The first-order valence-electron chi connectivity index (χ1n) is 7.27. The second-order valence-corrected chi connectivity index (χ2v) is 5.40. The summed E-state index contributed by atoms with van der Waals surface area (Å²) in [6.07, 6.45) is 3.31. The number of fused-ring (bicyclic) bond motifs is 1. The Labute approximate surface area is 133 Å². The Morgan fingerprint density at radius 2 is 1.91 bits per heavy atom. The van der Waals surface area contributed by atoms with Crippen molar-refractivity contribution in [3.05, 3.63) is 75.4 Å². The van der Waals surface area contributed by atoms with Crippen molar-refractivity contribution in [2.75, 3.05) is 0 Å². The zero-order valence-corrected chi connectivity index (χ0v) is 12.9. The first-order chi connectivity index (χ1) is 11.1. The molecule has 0 bridgehead atoms. The van der Waals surface area contributed by atoms with Gasteiger partial charge in [-0.05, 0) is 48.7 Å². The highest BCUT2D eigenvalue weighted by Gasteiger charge is 2.14. The second kappa shape index (κ2) is 6.04. The van der Waals surface area contributed by atoms with Crippen molar-refractivity contribution < 1.29 is 9.21 Å². The molecule has 0 saturated heterocycles. The average Bonchev–Trinajstić information content (AvgIpc) is 2.57. The van der Waals surface area contributed by atoms with Crippen LogP contribution in [0.25, 0.3) is 11.0 Å². The number of carbonyl (C=O) groups excluding carboxylic acids is 1. The Kier molecular flexibility index (Phi) is 3.93. The molecule has 0 radical (unpaired) electrons. The predicted molar refractivity (Wildman–Crippen MR) is 87.4 cm³/mol. The molecule has 2 aromatic heterocycles. The zero-order valence-electron chi connectivity index (χ0n) is 12.9. The Bertz CT molecular complexity index is 930. The van der Waals surface area contributed by atoms with Crippen LogP contribution in [-0.2, 0) is 6.54 Å². The molecule has 5 heteroatoms. The van der Waals surface area contributed by atoms with Crippen molar-refractivity contribution in [2.24, 2.45) is 0 Å². The third kappa shape index (κ3) is 2.99. The molecule has 0 atom stereocenters. The van der Waals surface area contributed by atoms with Crippen molar-refractivity contribution >= 4 is 16.9 Å². The molecule has 0 aliphatic carbocycles. The number of aryl methyl sites for hydroxylation is 2. The maximum absolute atomic E-state index is 12.3. The van der Waals surface area contributed by atoms with Gasteiger partial charge >= 0.3 is 0 Å². The van der Waals surface area contributed by atoms with Crippen LogP contribution in [0.5, 0.6) is 0 Å². The number of carbonyl (C=O) groups is 1. The minimum Gasteiger partial charge on any atom is -0.450 e. The van der Waals surface area contributed by atoms with Gasteiger partial charge in [-0.2, -0.15) is 0 Å². The Hall–Kier alpha value is -2.95. The van der Waals surface area contributed by atoms with Gasteiger partial charge < -0.3 is 9.73 Å². The number of rotatable bonds is 3. The van der Waals surface area contributed by atoms with Crippen molar-refractivity contribution in [3.8, 4) is 0 Å². The fourth-order valence-corrected chi connectivity index (χ4v) is 2.33. The van der Waals surface area contributed by atoms with Gasteiger partial charge in [0.25, 0.3) is 5.91 Å². The summed E-state index contributed by atoms with van der Waals surface area (Å²) in [4.78, 5) is 28.4. The third-order valence-corrected chi connectivity index (χ3v) is 3.84. The highest BCUT2D eigenvalue weighted by atomic mass is 16.3. The maximum Gasteiger partial charge on any atom is 0.287 e. The first-order valence-corrected chi connectivity index (χ1v) is 7.27. The van der Waals surface area contributed by atoms with Crippen LogP contribution < -0.4 is 10.7 Å². The van der Waals surface area contributed by atoms with Gasteiger partial charge in [-0.25, -0.2) is 0 Å². The molecular weight excluding hydrogens is 292 g/mol. The Morgan fingerprint density at radius 1 is 1.17 bits per heavy atom. The van der Waals surface area contributed by atoms with Crippen molar-refractivity contribution in [1.82, 2.24) is 10.3 Å². The topological polar surface area (TPSA) is 72.2 Å². The van der Waals surface area contributed by atoms with Crippen molar-refractivity contribution in [3.63, 3.8) is 0 Å². The van der Waals surface area contributed by atoms with Crippen molar-refractivity contribution in [1.29, 1.82) is 0 Å². The smallest absolute Gasteiger partial charge is 0.287 e. The minimum atomic E-state index is -0.415. The fourth-order valence-electron chi connectivity index (χ4n) is 2.33. The number of pyridine rings is 1. The van der Waals surface area contributed by atoms with Gasteiger partial charge in [0.2, 0.25) is 0 Å². The quantitative estimate of drug-likeness (QED) is 0.807. The van der Waals surface area contributed by atoms with E-state index in [4.69, 9.17) is 4.42 Å². The highest BCUT2D eigenvalue weighted by Crippen LogP contribution is 2.20. The van der Waals surface area contributed by atoms with Crippen LogP contribution in [-0.4, -0.2) is 10.9 Å². The summed E-state index contributed by atoms with van der Waals surface area (Å²) in [5.74, 6) is -0.396. The van der Waals surface area contributed by atoms with E-state index in [1.165, 1.54) is 6.07 Å². The van der Waals surface area contributed by atoms with Gasteiger partial charge in [-0.1, -0.05) is 6.07 Å². The molecule has 0 saturated carbocycles.